The van der Waals surface area contributed by atoms with Crippen molar-refractivity contribution in [3.63, 3.8) is 0 Å². The summed E-state index contributed by atoms with van der Waals surface area (Å²) < 4.78 is 10.1. The molecule has 1 rings (SSSR count). The first-order valence-electron chi connectivity index (χ1n) is 6.75. The summed E-state index contributed by atoms with van der Waals surface area (Å²) in [5, 5.41) is 6.31. The zero-order valence-electron chi connectivity index (χ0n) is 13.6. The molecule has 0 N–H and O–H groups in total. The number of hydrogen-bond donors (Lipinski definition) is 0. The van der Waals surface area contributed by atoms with Gasteiger partial charge in [-0.15, -0.1) is 0 Å². The molecule has 0 aliphatic carbocycles. The molecular weight excluding hydrogens is 316 g/mol. The number of ketones is 1. The summed E-state index contributed by atoms with van der Waals surface area (Å²) in [7, 11) is 1.45. The molecule has 0 spiro atoms. The fourth-order valence-electron chi connectivity index (χ4n) is 1.71. The number of methoxy groups -OCH3 is 1. The lowest BCUT2D eigenvalue weighted by Gasteiger charge is -2.26. The molecule has 0 amide bonds. The maximum absolute atomic E-state index is 12.7. The Kier molecular flexibility index (Phi) is 5.78. The van der Waals surface area contributed by atoms with E-state index in [2.05, 4.69) is 20.1 Å². The van der Waals surface area contributed by atoms with E-state index in [-0.39, 0.29) is 5.56 Å². The molecule has 126 valence electrons. The van der Waals surface area contributed by atoms with Gasteiger partial charge in [-0.1, -0.05) is 10.2 Å². The molecule has 0 fully saturated rings. The van der Waals surface area contributed by atoms with Crippen LogP contribution in [0.2, 0.25) is 0 Å². The Labute approximate surface area is 137 Å². The Balaban J connectivity index is 3.45. The predicted octanol–water partition coefficient (Wildman–Crippen LogP) is 3.54. The number of ether oxygens (including phenoxy) is 2. The van der Waals surface area contributed by atoms with Crippen LogP contribution < -0.4 is 4.74 Å². The number of rotatable bonds is 6. The van der Waals surface area contributed by atoms with Gasteiger partial charge in [0.05, 0.1) is 7.11 Å². The summed E-state index contributed by atoms with van der Waals surface area (Å²) in [6.45, 7) is 4.67. The van der Waals surface area contributed by atoms with E-state index < -0.39 is 23.0 Å². The van der Waals surface area contributed by atoms with Gasteiger partial charge in [-0.2, -0.15) is 0 Å². The summed E-state index contributed by atoms with van der Waals surface area (Å²) in [5.41, 5.74) is 13.8. The minimum Gasteiger partial charge on any atom is -0.497 e. The summed E-state index contributed by atoms with van der Waals surface area (Å²) in [4.78, 5) is 30.0. The van der Waals surface area contributed by atoms with Crippen LogP contribution in [-0.2, 0) is 9.53 Å². The van der Waals surface area contributed by atoms with Crippen LogP contribution in [-0.4, -0.2) is 30.1 Å². The lowest BCUT2D eigenvalue weighted by molar-refractivity contribution is -0.159. The highest BCUT2D eigenvalue weighted by Crippen LogP contribution is 2.26. The number of esters is 1. The maximum atomic E-state index is 12.7. The normalized spacial score (nSPS) is 12.8. The Morgan fingerprint density at radius 2 is 1.54 bits per heavy atom. The molecule has 0 saturated carbocycles. The van der Waals surface area contributed by atoms with E-state index >= 15 is 0 Å². The molecule has 0 heterocycles. The molecule has 0 aliphatic heterocycles. The number of benzene rings is 1. The fourth-order valence-corrected chi connectivity index (χ4v) is 1.71. The Morgan fingerprint density at radius 1 is 1.04 bits per heavy atom. The van der Waals surface area contributed by atoms with Crippen molar-refractivity contribution in [3.8, 4) is 5.75 Å². The number of azide groups is 1. The van der Waals surface area contributed by atoms with Crippen LogP contribution in [0.5, 0.6) is 5.75 Å². The van der Waals surface area contributed by atoms with Gasteiger partial charge in [-0.25, -0.2) is 0 Å². The highest BCUT2D eigenvalue weighted by molar-refractivity contribution is 6.16. The Morgan fingerprint density at radius 3 is 1.92 bits per heavy atom. The zero-order valence-corrected chi connectivity index (χ0v) is 13.6. The second-order valence-electron chi connectivity index (χ2n) is 5.61. The molecule has 0 aliphatic rings. The fraction of sp³-hybridized carbons (Fsp3) is 0.429. The van der Waals surface area contributed by atoms with Gasteiger partial charge in [0.2, 0.25) is 0 Å². The second kappa shape index (κ2) is 7.36. The lowest BCUT2D eigenvalue weighted by Crippen LogP contribution is -2.46. The molecule has 0 unspecified atom stereocenters. The van der Waals surface area contributed by atoms with Gasteiger partial charge >= 0.3 is 5.97 Å². The van der Waals surface area contributed by atoms with Crippen LogP contribution in [0.4, 0.5) is 0 Å². The average molecular weight is 332 g/mol. The zero-order chi connectivity index (χ0) is 18.4. The third kappa shape index (κ3) is 4.16. The largest absolute Gasteiger partial charge is 0.497 e. The van der Waals surface area contributed by atoms with Crippen molar-refractivity contribution in [2.45, 2.75) is 32.0 Å². The quantitative estimate of drug-likeness (QED) is 0.195. The van der Waals surface area contributed by atoms with Gasteiger partial charge in [-0.05, 0) is 56.1 Å². The number of hydrogen-bond acceptors (Lipinski definition) is 6. The lowest BCUT2D eigenvalue weighted by atomic mass is 9.98. The van der Waals surface area contributed by atoms with E-state index in [1.807, 2.05) is 0 Å². The van der Waals surface area contributed by atoms with Crippen molar-refractivity contribution in [1.82, 2.24) is 0 Å². The second-order valence-corrected chi connectivity index (χ2v) is 5.61. The predicted molar refractivity (Wildman–Crippen MR) is 84.2 cm³/mol. The number of Topliss-reactive ketones (excluding diaryl/α,β-unsaturated/α-hetero) is 1. The molecule has 24 heavy (non-hydrogen) atoms. The maximum Gasteiger partial charge on any atom is 0.332 e. The summed E-state index contributed by atoms with van der Waals surface area (Å²) >= 11 is 0. The molecule has 1 aromatic rings. The molecule has 0 aromatic heterocycles. The molecule has 0 radical (unpaired) electrons. The molecule has 0 atom stereocenters. The van der Waals surface area contributed by atoms with Crippen molar-refractivity contribution in [2.75, 3.05) is 7.11 Å². The van der Waals surface area contributed by atoms with Crippen molar-refractivity contribution in [3.05, 3.63) is 50.7 Å². The Hall–Kier alpha value is -3.22. The minimum absolute atomic E-state index is 0.0125. The van der Waals surface area contributed by atoms with Gasteiger partial charge in [0.1, 0.15) is 11.4 Å². The van der Waals surface area contributed by atoms with Crippen molar-refractivity contribution < 1.29 is 19.1 Å². The summed E-state index contributed by atoms with van der Waals surface area (Å²) in [6.07, 6.45) is 0. The first-order chi connectivity index (χ1) is 11.2. The van der Waals surface area contributed by atoms with Crippen LogP contribution in [0.1, 0.15) is 31.1 Å². The molecule has 1 aromatic carbocycles. The topological polar surface area (TPSA) is 150 Å². The van der Waals surface area contributed by atoms with E-state index in [0.29, 0.717) is 5.75 Å². The first-order valence-corrected chi connectivity index (χ1v) is 6.75. The third-order valence-corrected chi connectivity index (χ3v) is 2.73. The molecule has 0 bridgehead atoms. The summed E-state index contributed by atoms with van der Waals surface area (Å²) in [5.74, 6) is -1.79. The number of nitrogens with zero attached hydrogens (tertiary/aromatic N) is 6. The van der Waals surface area contributed by atoms with Crippen LogP contribution in [0.3, 0.4) is 0 Å². The molecule has 10 heteroatoms. The minimum atomic E-state index is -2.70. The van der Waals surface area contributed by atoms with Gasteiger partial charge in [-0.3, -0.25) is 9.59 Å². The molecule has 0 saturated heterocycles. The Bertz CT molecular complexity index is 707. The van der Waals surface area contributed by atoms with Gasteiger partial charge in [0, 0.05) is 15.4 Å². The van der Waals surface area contributed by atoms with E-state index in [9.17, 15) is 9.59 Å². The van der Waals surface area contributed by atoms with Gasteiger partial charge < -0.3 is 9.47 Å². The average Bonchev–Trinajstić information content (AvgIpc) is 2.52. The molecular formula is C14H16N6O4. The monoisotopic (exact) mass is 332 g/mol. The van der Waals surface area contributed by atoms with E-state index in [4.69, 9.17) is 20.5 Å². The van der Waals surface area contributed by atoms with Gasteiger partial charge in [0.15, 0.2) is 5.78 Å². The number of carbonyl (C=O) groups excluding carboxylic acids is 2. The van der Waals surface area contributed by atoms with Crippen LogP contribution >= 0.6 is 0 Å². The van der Waals surface area contributed by atoms with Crippen molar-refractivity contribution in [1.29, 1.82) is 0 Å². The molecule has 10 nitrogen and oxygen atoms in total. The number of carbonyl (C=O) groups is 2. The highest BCUT2D eigenvalue weighted by Gasteiger charge is 2.48. The SMILES string of the molecule is COc1ccc(C(=O)C(N=[N+]=[N-])(N=[N+]=[N-])C(=O)OC(C)(C)C)cc1. The standard InChI is InChI=1S/C14H16N6O4/c1-13(2,3)24-12(22)14(17-19-15,18-20-16)11(21)9-5-7-10(23-4)8-6-9/h5-8H,1-4H3. The van der Waals surface area contributed by atoms with E-state index in [1.165, 1.54) is 31.4 Å². The highest BCUT2D eigenvalue weighted by atomic mass is 16.6. The third-order valence-electron chi connectivity index (χ3n) is 2.73. The van der Waals surface area contributed by atoms with Crippen molar-refractivity contribution >= 4 is 11.8 Å². The van der Waals surface area contributed by atoms with E-state index in [1.54, 1.807) is 20.8 Å². The van der Waals surface area contributed by atoms with Crippen LogP contribution in [0.15, 0.2) is 34.5 Å². The smallest absolute Gasteiger partial charge is 0.332 e. The van der Waals surface area contributed by atoms with Crippen LogP contribution in [0, 0.1) is 0 Å². The summed E-state index contributed by atoms with van der Waals surface area (Å²) in [6, 6.07) is 5.64. The van der Waals surface area contributed by atoms with Crippen LogP contribution in [0.25, 0.3) is 20.9 Å². The van der Waals surface area contributed by atoms with Crippen molar-refractivity contribution in [2.24, 2.45) is 10.2 Å². The first kappa shape index (κ1) is 18.8. The van der Waals surface area contributed by atoms with E-state index in [0.717, 1.165) is 0 Å². The van der Waals surface area contributed by atoms with Gasteiger partial charge in [0.25, 0.3) is 5.66 Å².